The number of hydrogen-bond donors (Lipinski definition) is 1. The van der Waals surface area contributed by atoms with Gasteiger partial charge in [-0.3, -0.25) is 9.35 Å². The van der Waals surface area contributed by atoms with Crippen molar-refractivity contribution < 1.29 is 27.6 Å². The lowest BCUT2D eigenvalue weighted by atomic mass is 10.0. The Morgan fingerprint density at radius 1 is 1.31 bits per heavy atom. The second-order valence-corrected chi connectivity index (χ2v) is 7.56. The zero-order valence-corrected chi connectivity index (χ0v) is 16.1. The zero-order valence-electron chi connectivity index (χ0n) is 15.3. The normalized spacial score (nSPS) is 12.3. The molecule has 29 heavy (non-hydrogen) atoms. The average molecular weight is 417 g/mol. The highest BCUT2D eigenvalue weighted by Gasteiger charge is 2.25. The maximum absolute atomic E-state index is 12.4. The van der Waals surface area contributed by atoms with Gasteiger partial charge < -0.3 is 19.0 Å². The summed E-state index contributed by atoms with van der Waals surface area (Å²) >= 11 is 0. The van der Waals surface area contributed by atoms with Crippen LogP contribution in [0, 0.1) is 0 Å². The summed E-state index contributed by atoms with van der Waals surface area (Å²) in [5.41, 5.74) is -0.520. The number of carbonyl (C=O) groups is 1. The number of aromatic nitrogens is 3. The maximum atomic E-state index is 12.4. The molecule has 0 fully saturated rings. The predicted molar refractivity (Wildman–Crippen MR) is 98.3 cm³/mol. The molecule has 0 unspecified atom stereocenters. The fraction of sp³-hybridized carbons (Fsp3) is 0.118. The van der Waals surface area contributed by atoms with E-state index in [1.807, 2.05) is 0 Å². The van der Waals surface area contributed by atoms with Crippen LogP contribution in [-0.4, -0.2) is 44.5 Å². The van der Waals surface area contributed by atoms with Crippen molar-refractivity contribution in [3.63, 3.8) is 0 Å². The summed E-state index contributed by atoms with van der Waals surface area (Å²) in [6.07, 6.45) is 3.82. The molecule has 1 aromatic rings. The van der Waals surface area contributed by atoms with Crippen LogP contribution in [0.5, 0.6) is 0 Å². The van der Waals surface area contributed by atoms with E-state index >= 15 is 0 Å². The molecule has 0 saturated heterocycles. The number of carbonyl (C=O) groups excluding carboxylic acids is 1. The molecular weight excluding hydrogens is 402 g/mol. The summed E-state index contributed by atoms with van der Waals surface area (Å²) in [5.74, 6) is -1.65. The van der Waals surface area contributed by atoms with Gasteiger partial charge in [0.15, 0.2) is 12.1 Å². The minimum atomic E-state index is -4.39. The highest BCUT2D eigenvalue weighted by molar-refractivity contribution is 7.85. The van der Waals surface area contributed by atoms with Gasteiger partial charge in [-0.15, -0.1) is 0 Å². The van der Waals surface area contributed by atoms with Gasteiger partial charge >= 0.3 is 0 Å². The second-order valence-electron chi connectivity index (χ2n) is 6.14. The third-order valence-corrected chi connectivity index (χ3v) is 5.00. The summed E-state index contributed by atoms with van der Waals surface area (Å²) in [4.78, 5) is 27.4. The summed E-state index contributed by atoms with van der Waals surface area (Å²) < 4.78 is 35.6. The largest absolute Gasteiger partial charge is 0.545 e. The van der Waals surface area contributed by atoms with Gasteiger partial charge in [0.25, 0.3) is 15.8 Å². The molecule has 1 aromatic heterocycles. The van der Waals surface area contributed by atoms with Crippen LogP contribution in [0.15, 0.2) is 51.7 Å². The van der Waals surface area contributed by atoms with Crippen LogP contribution in [-0.2, 0) is 24.2 Å². The number of fused-ring (bicyclic) bond motifs is 1. The highest BCUT2D eigenvalue weighted by Crippen LogP contribution is 2.28. The smallest absolute Gasteiger partial charge is 0.295 e. The predicted octanol–water partition coefficient (Wildman–Crippen LogP) is -1.31. The van der Waals surface area contributed by atoms with Gasteiger partial charge in [-0.2, -0.15) is 8.42 Å². The zero-order chi connectivity index (χ0) is 21.5. The van der Waals surface area contributed by atoms with Crippen molar-refractivity contribution in [1.29, 1.82) is 0 Å². The van der Waals surface area contributed by atoms with Crippen molar-refractivity contribution >= 4 is 28.5 Å². The van der Waals surface area contributed by atoms with E-state index in [9.17, 15) is 23.1 Å². The van der Waals surface area contributed by atoms with Crippen LogP contribution >= 0.6 is 0 Å². The molecule has 0 spiro atoms. The van der Waals surface area contributed by atoms with E-state index in [0.717, 1.165) is 23.0 Å². The number of rotatable bonds is 4. The lowest BCUT2D eigenvalue weighted by Gasteiger charge is -2.13. The van der Waals surface area contributed by atoms with E-state index in [2.05, 4.69) is 16.8 Å². The second kappa shape index (κ2) is 7.07. The Kier molecular flexibility index (Phi) is 4.90. The van der Waals surface area contributed by atoms with Crippen LogP contribution in [0.1, 0.15) is 10.4 Å². The number of nitrogens with zero attached hydrogens (tertiary/aromatic N) is 5. The first-order valence-corrected chi connectivity index (χ1v) is 9.43. The molecule has 1 aliphatic carbocycles. The van der Waals surface area contributed by atoms with Crippen molar-refractivity contribution in [2.75, 3.05) is 0 Å². The molecule has 0 aromatic carbocycles. The quantitative estimate of drug-likeness (QED) is 0.240. The summed E-state index contributed by atoms with van der Waals surface area (Å²) in [7, 11) is -1.27. The highest BCUT2D eigenvalue weighted by atomic mass is 32.2. The van der Waals surface area contributed by atoms with Crippen LogP contribution in [0.25, 0.3) is 11.3 Å². The Hall–Kier alpha value is -3.64. The Balaban J connectivity index is 2.26. The minimum absolute atomic E-state index is 0.0432. The van der Waals surface area contributed by atoms with Crippen LogP contribution in [0.4, 0.5) is 5.69 Å². The van der Waals surface area contributed by atoms with Gasteiger partial charge in [0, 0.05) is 37.7 Å². The van der Waals surface area contributed by atoms with Gasteiger partial charge in [-0.25, -0.2) is 4.98 Å². The molecule has 0 radical (unpaired) electrons. The minimum Gasteiger partial charge on any atom is -0.545 e. The maximum Gasteiger partial charge on any atom is 0.295 e. The number of aromatic carboxylic acids is 1. The first kappa shape index (κ1) is 20.1. The fourth-order valence-electron chi connectivity index (χ4n) is 2.77. The molecule has 2 heterocycles. The third kappa shape index (κ3) is 3.70. The molecule has 11 nitrogen and oxygen atoms in total. The van der Waals surface area contributed by atoms with Gasteiger partial charge in [-0.1, -0.05) is 4.68 Å². The monoisotopic (exact) mass is 417 g/mol. The van der Waals surface area contributed by atoms with E-state index < -0.39 is 27.1 Å². The summed E-state index contributed by atoms with van der Waals surface area (Å²) in [6.45, 7) is 3.77. The van der Waals surface area contributed by atoms with E-state index in [0.29, 0.717) is 5.69 Å². The number of aryl methyl sites for hydroxylation is 2. The van der Waals surface area contributed by atoms with E-state index in [1.54, 1.807) is 7.05 Å². The van der Waals surface area contributed by atoms with Gasteiger partial charge in [-0.05, 0) is 12.1 Å². The van der Waals surface area contributed by atoms with Crippen molar-refractivity contribution in [2.24, 2.45) is 19.2 Å². The average Bonchev–Trinajstić information content (AvgIpc) is 2.63. The number of benzene rings is 1. The van der Waals surface area contributed by atoms with E-state index in [-0.39, 0.29) is 21.6 Å². The van der Waals surface area contributed by atoms with E-state index in [4.69, 9.17) is 4.55 Å². The SMILES string of the molecule is C=[N+](N=c1ccc(S(=O)(=O)O)cn1C)c1cc(C(=O)[O-])c(=O)c2cncn(C)c1-2. The van der Waals surface area contributed by atoms with Crippen molar-refractivity contribution in [2.45, 2.75) is 4.90 Å². The van der Waals surface area contributed by atoms with Gasteiger partial charge in [0.05, 0.1) is 23.4 Å². The van der Waals surface area contributed by atoms with Crippen LogP contribution < -0.4 is 16.0 Å². The molecule has 0 bridgehead atoms. The molecule has 1 N–H and O–H groups in total. The molecule has 2 aliphatic rings. The van der Waals surface area contributed by atoms with Crippen molar-refractivity contribution in [3.8, 4) is 11.3 Å². The molecule has 12 heteroatoms. The van der Waals surface area contributed by atoms with E-state index in [1.165, 1.54) is 34.8 Å². The lowest BCUT2D eigenvalue weighted by molar-refractivity contribution is -0.442. The molecule has 0 saturated carbocycles. The topological polar surface area (TPSA) is 150 Å². The third-order valence-electron chi connectivity index (χ3n) is 4.16. The fourth-order valence-corrected chi connectivity index (χ4v) is 3.31. The van der Waals surface area contributed by atoms with Crippen molar-refractivity contribution in [3.05, 3.63) is 58.2 Å². The number of carboxylic acid groups (broad SMARTS) is 1. The molecule has 1 aliphatic heterocycles. The van der Waals surface area contributed by atoms with Crippen LogP contribution in [0.3, 0.4) is 0 Å². The number of carboxylic acids is 1. The number of hydrogen-bond acceptors (Lipinski definition) is 7. The lowest BCUT2D eigenvalue weighted by Crippen LogP contribution is -2.30. The molecule has 0 atom stereocenters. The first-order valence-electron chi connectivity index (χ1n) is 7.99. The number of pyridine rings is 1. The molecular formula is C17H15N5O6S. The van der Waals surface area contributed by atoms with Gasteiger partial charge in [0.2, 0.25) is 5.49 Å². The molecule has 3 rings (SSSR count). The Bertz CT molecular complexity index is 1370. The van der Waals surface area contributed by atoms with Gasteiger partial charge in [0.1, 0.15) is 10.6 Å². The van der Waals surface area contributed by atoms with Crippen LogP contribution in [0.2, 0.25) is 0 Å². The Morgan fingerprint density at radius 2 is 2.00 bits per heavy atom. The van der Waals surface area contributed by atoms with Crippen molar-refractivity contribution in [1.82, 2.24) is 14.1 Å². The first-order chi connectivity index (χ1) is 13.5. The Labute approximate surface area is 164 Å². The summed E-state index contributed by atoms with van der Waals surface area (Å²) in [6, 6.07) is 3.58. The Morgan fingerprint density at radius 3 is 2.59 bits per heavy atom. The standard InChI is InChI=1S/C17H15N5O6S/c1-20-8-10(29(26,27)28)4-5-14(20)19-22(3)13-6-11(17(24)25)16(23)12-7-18-9-21(2)15(12)13/h4-9H,3H2,1-2H3,(H-,24,25,26,27,28). The summed E-state index contributed by atoms with van der Waals surface area (Å²) in [5, 5.41) is 15.6. The molecule has 0 amide bonds. The molecule has 150 valence electrons.